The van der Waals surface area contributed by atoms with Crippen molar-refractivity contribution in [3.63, 3.8) is 0 Å². The fraction of sp³-hybridized carbons (Fsp3) is 0.364. The number of aryl methyl sites for hydroxylation is 1. The minimum atomic E-state index is -1.68. The summed E-state index contributed by atoms with van der Waals surface area (Å²) < 4.78 is 6.09. The van der Waals surface area contributed by atoms with Crippen molar-refractivity contribution in [2.45, 2.75) is 28.7 Å². The van der Waals surface area contributed by atoms with E-state index in [1.165, 1.54) is 52.5 Å². The average molecular weight is 653 g/mol. The number of amides is 3. The summed E-state index contributed by atoms with van der Waals surface area (Å²) >= 11 is 2.45. The molecule has 43 heavy (non-hydrogen) atoms. The van der Waals surface area contributed by atoms with Crippen molar-refractivity contribution in [2.24, 2.45) is 12.8 Å². The Kier molecular flexibility index (Phi) is 13.9. The van der Waals surface area contributed by atoms with Crippen molar-refractivity contribution in [1.29, 1.82) is 0 Å². The Bertz CT molecular complexity index is 1410. The number of carbonyl (C=O) groups is 5. The minimum absolute atomic E-state index is 0. The molecule has 4 atom stereocenters. The maximum absolute atomic E-state index is 12.9. The molecule has 2 aromatic rings. The molecule has 0 spiro atoms. The van der Waals surface area contributed by atoms with Gasteiger partial charge in [0.05, 0.1) is 23.7 Å². The number of carboxylic acid groups (broad SMARTS) is 2. The number of hydrogen-bond donors (Lipinski definition) is 4. The number of aromatic nitrogens is 4. The number of thioether (sulfide) groups is 2. The van der Waals surface area contributed by atoms with Crippen LogP contribution < -0.4 is 85.7 Å². The number of carbonyl (C=O) groups excluding carboxylic acids is 5. The fourth-order valence-electron chi connectivity index (χ4n) is 3.80. The third kappa shape index (κ3) is 8.71. The molecule has 2 aliphatic rings. The van der Waals surface area contributed by atoms with Crippen LogP contribution in [0.2, 0.25) is 0 Å². The molecule has 2 aliphatic heterocycles. The number of benzene rings is 1. The summed E-state index contributed by atoms with van der Waals surface area (Å²) in [6.45, 7) is -0.608. The van der Waals surface area contributed by atoms with Gasteiger partial charge in [0.1, 0.15) is 18.0 Å². The molecule has 21 heteroatoms. The topological polar surface area (TPSA) is 258 Å². The molecule has 0 bridgehead atoms. The Hall–Kier alpha value is -2.20. The Morgan fingerprint density at radius 2 is 1.91 bits per heavy atom. The first kappa shape index (κ1) is 37.0. The van der Waals surface area contributed by atoms with Crippen LogP contribution in [0.1, 0.15) is 11.7 Å². The van der Waals surface area contributed by atoms with E-state index in [2.05, 4.69) is 30.9 Å². The molecule has 0 aliphatic carbocycles. The van der Waals surface area contributed by atoms with E-state index in [4.69, 9.17) is 5.73 Å². The number of fused-ring (bicyclic) bond motifs is 1. The van der Waals surface area contributed by atoms with E-state index in [1.54, 1.807) is 7.05 Å². The standard InChI is InChI=1S/C22H24N8O9S2.2Na/c1-29-21(26-27-28-29)41-8-10-7-40-18-13(17(33)30(18)14(10)20(36)37)25-16(32)15(31)9-2-4-11(5-3-9)24-22(38)39-6-12(23)19(34)35;;/h2-5,12-13,15,18,31H,6-8,23H2,1H3,(H,24,38)(H,25,32)(H,34,35)(H,36,37);;/q;2*+1/p-2/t12-,13-,15-,18+;;/m1../s1. The number of tetrazole rings is 1. The van der Waals surface area contributed by atoms with Gasteiger partial charge in [0.2, 0.25) is 5.16 Å². The van der Waals surface area contributed by atoms with Crippen molar-refractivity contribution in [3.05, 3.63) is 41.1 Å². The van der Waals surface area contributed by atoms with Crippen molar-refractivity contribution < 1.29 is 103 Å². The number of aliphatic hydroxyl groups excluding tert-OH is 1. The summed E-state index contributed by atoms with van der Waals surface area (Å²) in [6.07, 6.45) is -2.67. The zero-order valence-corrected chi connectivity index (χ0v) is 28.7. The zero-order chi connectivity index (χ0) is 29.8. The second-order valence-electron chi connectivity index (χ2n) is 8.68. The van der Waals surface area contributed by atoms with Gasteiger partial charge in [-0.3, -0.25) is 19.8 Å². The van der Waals surface area contributed by atoms with E-state index in [-0.39, 0.29) is 87.6 Å². The summed E-state index contributed by atoms with van der Waals surface area (Å²) in [6, 6.07) is 2.82. The molecule has 0 unspecified atom stereocenters. The van der Waals surface area contributed by atoms with Crippen LogP contribution in [0.4, 0.5) is 10.5 Å². The van der Waals surface area contributed by atoms with Crippen molar-refractivity contribution in [3.8, 4) is 0 Å². The number of ether oxygens (including phenoxy) is 1. The van der Waals surface area contributed by atoms with Crippen molar-refractivity contribution >= 4 is 59.1 Å². The number of aliphatic carboxylic acids is 2. The van der Waals surface area contributed by atoms with Crippen molar-refractivity contribution in [2.75, 3.05) is 23.4 Å². The molecule has 5 N–H and O–H groups in total. The SMILES string of the molecule is Cn1nnnc1SCC1=C(C(=O)[O-])N2C(=O)[C@@H](NC(=O)[C@H](O)c3ccc(NC(=O)OC[C@@H](N)C(=O)[O-])cc3)[C@@H]2SC1.[Na+].[Na+]. The molecule has 17 nitrogen and oxygen atoms in total. The largest absolute Gasteiger partial charge is 1.00 e. The average Bonchev–Trinajstić information content (AvgIpc) is 3.36. The number of nitrogens with zero attached hydrogens (tertiary/aromatic N) is 5. The Labute approximate surface area is 296 Å². The number of β-lactam (4-membered cyclic amide) rings is 1. The number of anilines is 1. The van der Waals surface area contributed by atoms with Gasteiger partial charge in [-0.1, -0.05) is 23.9 Å². The third-order valence-corrected chi connectivity index (χ3v) is 8.35. The van der Waals surface area contributed by atoms with E-state index in [0.29, 0.717) is 10.7 Å². The predicted molar refractivity (Wildman–Crippen MR) is 136 cm³/mol. The van der Waals surface area contributed by atoms with E-state index in [0.717, 1.165) is 4.90 Å². The fourth-order valence-corrected chi connectivity index (χ4v) is 6.13. The number of rotatable bonds is 11. The smallest absolute Gasteiger partial charge is 0.548 e. The summed E-state index contributed by atoms with van der Waals surface area (Å²) in [5.41, 5.74) is 5.71. The van der Waals surface area contributed by atoms with E-state index in [1.807, 2.05) is 0 Å². The van der Waals surface area contributed by atoms with Gasteiger partial charge < -0.3 is 40.7 Å². The molecule has 3 amide bonds. The first-order valence-corrected chi connectivity index (χ1v) is 13.7. The molecular formula is C22H22N8Na2O9S2. The van der Waals surface area contributed by atoms with Gasteiger partial charge in [0, 0.05) is 24.2 Å². The van der Waals surface area contributed by atoms with Gasteiger partial charge in [-0.25, -0.2) is 9.48 Å². The van der Waals surface area contributed by atoms with Gasteiger partial charge in [0.15, 0.2) is 6.10 Å². The zero-order valence-electron chi connectivity index (χ0n) is 23.1. The maximum atomic E-state index is 12.9. The van der Waals surface area contributed by atoms with E-state index in [9.17, 15) is 39.3 Å². The first-order chi connectivity index (χ1) is 19.5. The number of aliphatic hydroxyl groups is 1. The Morgan fingerprint density at radius 1 is 1.23 bits per heavy atom. The molecule has 1 saturated heterocycles. The van der Waals surface area contributed by atoms with E-state index < -0.39 is 60.0 Å². The maximum Gasteiger partial charge on any atom is 1.00 e. The molecule has 1 aromatic heterocycles. The second-order valence-corrected chi connectivity index (χ2v) is 10.7. The number of nitrogens with one attached hydrogen (secondary N) is 2. The van der Waals surface area contributed by atoms with Crippen LogP contribution in [0.5, 0.6) is 0 Å². The normalized spacial score (nSPS) is 18.6. The summed E-state index contributed by atoms with van der Waals surface area (Å²) in [5, 5.41) is 48.6. The Morgan fingerprint density at radius 3 is 2.49 bits per heavy atom. The quantitative estimate of drug-likeness (QED) is 0.0998. The van der Waals surface area contributed by atoms with Gasteiger partial charge in [-0.05, 0) is 33.7 Å². The van der Waals surface area contributed by atoms with Crippen LogP contribution in [0.25, 0.3) is 0 Å². The van der Waals surface area contributed by atoms with Crippen LogP contribution in [0.3, 0.4) is 0 Å². The first-order valence-electron chi connectivity index (χ1n) is 11.7. The number of carboxylic acids is 2. The minimum Gasteiger partial charge on any atom is -0.548 e. The monoisotopic (exact) mass is 652 g/mol. The van der Waals surface area contributed by atoms with Gasteiger partial charge in [-0.15, -0.1) is 16.9 Å². The Balaban J connectivity index is 0.00000323. The molecule has 1 aromatic carbocycles. The molecule has 1 fully saturated rings. The molecule has 0 saturated carbocycles. The molecule has 4 rings (SSSR count). The van der Waals surface area contributed by atoms with E-state index >= 15 is 0 Å². The van der Waals surface area contributed by atoms with Crippen LogP contribution in [-0.4, -0.2) is 95.6 Å². The van der Waals surface area contributed by atoms with Crippen LogP contribution >= 0.6 is 23.5 Å². The summed E-state index contributed by atoms with van der Waals surface area (Å²) in [5.74, 6) is -4.22. The van der Waals surface area contributed by atoms with Crippen molar-refractivity contribution in [1.82, 2.24) is 30.4 Å². The second kappa shape index (κ2) is 16.2. The predicted octanol–water partition coefficient (Wildman–Crippen LogP) is -9.93. The summed E-state index contributed by atoms with van der Waals surface area (Å²) in [4.78, 5) is 60.9. The van der Waals surface area contributed by atoms with Gasteiger partial charge in [-0.2, -0.15) is 0 Å². The number of nitrogens with two attached hydrogens (primary N) is 1. The van der Waals surface area contributed by atoms with Crippen LogP contribution in [0, 0.1) is 0 Å². The number of hydrogen-bond acceptors (Lipinski definition) is 15. The summed E-state index contributed by atoms with van der Waals surface area (Å²) in [7, 11) is 1.63. The van der Waals surface area contributed by atoms with Crippen LogP contribution in [-0.2, 0) is 31.0 Å². The van der Waals surface area contributed by atoms with Gasteiger partial charge >= 0.3 is 65.2 Å². The molecule has 218 valence electrons. The molecular weight excluding hydrogens is 630 g/mol. The third-order valence-electron chi connectivity index (χ3n) is 5.91. The van der Waals surface area contributed by atoms with Gasteiger partial charge in [0.25, 0.3) is 11.8 Å². The molecule has 3 heterocycles. The molecule has 0 radical (unpaired) electrons. The van der Waals surface area contributed by atoms with Crippen LogP contribution in [0.15, 0.2) is 40.7 Å².